The molecular formula is C16H25N3O2. The van der Waals surface area contributed by atoms with Gasteiger partial charge in [-0.05, 0) is 39.0 Å². The van der Waals surface area contributed by atoms with Crippen molar-refractivity contribution in [3.63, 3.8) is 0 Å². The molecule has 21 heavy (non-hydrogen) atoms. The van der Waals surface area contributed by atoms with E-state index in [2.05, 4.69) is 10.5 Å². The highest BCUT2D eigenvalue weighted by atomic mass is 16.5. The molecule has 1 amide bonds. The van der Waals surface area contributed by atoms with E-state index in [1.54, 1.807) is 0 Å². The van der Waals surface area contributed by atoms with Crippen molar-refractivity contribution in [2.75, 3.05) is 7.05 Å². The van der Waals surface area contributed by atoms with E-state index in [-0.39, 0.29) is 11.9 Å². The quantitative estimate of drug-likeness (QED) is 0.927. The van der Waals surface area contributed by atoms with Crippen LogP contribution in [0.3, 0.4) is 0 Å². The zero-order valence-corrected chi connectivity index (χ0v) is 13.2. The summed E-state index contributed by atoms with van der Waals surface area (Å²) in [5.41, 5.74) is 1.90. The van der Waals surface area contributed by atoms with Gasteiger partial charge in [0.2, 0.25) is 5.91 Å². The second-order valence-electron chi connectivity index (χ2n) is 6.60. The number of hydrogen-bond acceptors (Lipinski definition) is 4. The van der Waals surface area contributed by atoms with Crippen LogP contribution in [0.1, 0.15) is 49.1 Å². The summed E-state index contributed by atoms with van der Waals surface area (Å²) in [4.78, 5) is 14.5. The smallest absolute Gasteiger partial charge is 0.239 e. The van der Waals surface area contributed by atoms with Gasteiger partial charge in [-0.15, -0.1) is 0 Å². The maximum absolute atomic E-state index is 12.6. The van der Waals surface area contributed by atoms with Crippen LogP contribution in [0, 0.1) is 19.8 Å². The number of carbonyl (C=O) groups excluding carboxylic acids is 1. The predicted octanol–water partition coefficient (Wildman–Crippen LogP) is 2.17. The van der Waals surface area contributed by atoms with Crippen molar-refractivity contribution in [2.45, 2.75) is 64.6 Å². The van der Waals surface area contributed by atoms with Crippen LogP contribution < -0.4 is 5.32 Å². The first-order valence-corrected chi connectivity index (χ1v) is 7.99. The summed E-state index contributed by atoms with van der Waals surface area (Å²) in [6, 6.07) is 0.545. The molecule has 3 unspecified atom stereocenters. The van der Waals surface area contributed by atoms with Gasteiger partial charge in [0, 0.05) is 18.7 Å². The molecule has 5 heteroatoms. The lowest BCUT2D eigenvalue weighted by Crippen LogP contribution is -2.43. The monoisotopic (exact) mass is 291 g/mol. The van der Waals surface area contributed by atoms with Crippen LogP contribution in [0.4, 0.5) is 0 Å². The van der Waals surface area contributed by atoms with Crippen LogP contribution in [-0.2, 0) is 11.3 Å². The third-order valence-corrected chi connectivity index (χ3v) is 5.11. The molecule has 3 atom stereocenters. The van der Waals surface area contributed by atoms with Crippen molar-refractivity contribution < 1.29 is 9.32 Å². The first-order chi connectivity index (χ1) is 10.1. The Morgan fingerprint density at radius 1 is 1.38 bits per heavy atom. The van der Waals surface area contributed by atoms with Crippen molar-refractivity contribution in [1.29, 1.82) is 0 Å². The Hall–Kier alpha value is -1.36. The van der Waals surface area contributed by atoms with E-state index < -0.39 is 0 Å². The lowest BCUT2D eigenvalue weighted by Gasteiger charge is -2.24. The van der Waals surface area contributed by atoms with E-state index in [1.807, 2.05) is 25.8 Å². The number of likely N-dealkylation sites (N-methyl/N-ethyl adjacent to an activating group) is 1. The number of aromatic nitrogens is 1. The third-order valence-electron chi connectivity index (χ3n) is 5.11. The van der Waals surface area contributed by atoms with E-state index in [4.69, 9.17) is 4.52 Å². The van der Waals surface area contributed by atoms with Crippen molar-refractivity contribution in [3.8, 4) is 0 Å². The lowest BCUT2D eigenvalue weighted by atomic mass is 9.85. The summed E-state index contributed by atoms with van der Waals surface area (Å²) in [5.74, 6) is 1.70. The average Bonchev–Trinajstić information content (AvgIpc) is 3.04. The molecule has 0 aromatic carbocycles. The van der Waals surface area contributed by atoms with Crippen molar-refractivity contribution >= 4 is 5.91 Å². The van der Waals surface area contributed by atoms with Gasteiger partial charge in [0.1, 0.15) is 5.76 Å². The fraction of sp³-hybridized carbons (Fsp3) is 0.750. The summed E-state index contributed by atoms with van der Waals surface area (Å²) in [5, 5.41) is 7.51. The van der Waals surface area contributed by atoms with Gasteiger partial charge in [0.15, 0.2) is 0 Å². The van der Waals surface area contributed by atoms with E-state index >= 15 is 0 Å². The number of nitrogens with zero attached hydrogens (tertiary/aromatic N) is 2. The Morgan fingerprint density at radius 3 is 2.81 bits per heavy atom. The normalized spacial score (nSPS) is 28.4. The molecule has 2 heterocycles. The first-order valence-electron chi connectivity index (χ1n) is 7.99. The molecule has 116 valence electrons. The Balaban J connectivity index is 1.63. The molecule has 1 saturated carbocycles. The second-order valence-corrected chi connectivity index (χ2v) is 6.60. The van der Waals surface area contributed by atoms with E-state index in [0.29, 0.717) is 18.5 Å². The highest BCUT2D eigenvalue weighted by Gasteiger charge is 2.39. The molecular weight excluding hydrogens is 266 g/mol. The minimum Gasteiger partial charge on any atom is -0.361 e. The Kier molecular flexibility index (Phi) is 4.02. The van der Waals surface area contributed by atoms with Crippen molar-refractivity contribution in [1.82, 2.24) is 15.4 Å². The molecule has 0 bridgehead atoms. The Bertz CT molecular complexity index is 492. The van der Waals surface area contributed by atoms with Gasteiger partial charge in [0.25, 0.3) is 0 Å². The molecule has 1 aromatic rings. The fourth-order valence-corrected chi connectivity index (χ4v) is 3.82. The summed E-state index contributed by atoms with van der Waals surface area (Å²) < 4.78 is 5.17. The van der Waals surface area contributed by atoms with Crippen molar-refractivity contribution in [3.05, 3.63) is 17.0 Å². The third kappa shape index (κ3) is 2.84. The van der Waals surface area contributed by atoms with Gasteiger partial charge in [-0.25, -0.2) is 0 Å². The molecule has 2 aliphatic rings. The zero-order valence-electron chi connectivity index (χ0n) is 13.2. The zero-order chi connectivity index (χ0) is 15.0. The maximum atomic E-state index is 12.6. The van der Waals surface area contributed by atoms with Crippen LogP contribution in [0.25, 0.3) is 0 Å². The standard InChI is InChI=1S/C16H25N3O2/c1-10-13(11(2)21-18-10)9-19(3)16(20)15-8-12-6-4-5-7-14(12)17-15/h12,14-15,17H,4-9H2,1-3H3. The van der Waals surface area contributed by atoms with E-state index in [0.717, 1.165) is 23.4 Å². The Labute approximate surface area is 126 Å². The van der Waals surface area contributed by atoms with Gasteiger partial charge in [-0.3, -0.25) is 4.79 Å². The molecule has 1 saturated heterocycles. The average molecular weight is 291 g/mol. The van der Waals surface area contributed by atoms with Crippen LogP contribution in [0.2, 0.25) is 0 Å². The SMILES string of the molecule is Cc1noc(C)c1CN(C)C(=O)C1CC2CCCCC2N1. The largest absolute Gasteiger partial charge is 0.361 e. The van der Waals surface area contributed by atoms with Crippen LogP contribution >= 0.6 is 0 Å². The maximum Gasteiger partial charge on any atom is 0.239 e. The molecule has 0 spiro atoms. The predicted molar refractivity (Wildman–Crippen MR) is 79.7 cm³/mol. The minimum atomic E-state index is -0.0106. The summed E-state index contributed by atoms with van der Waals surface area (Å²) >= 11 is 0. The molecule has 1 aromatic heterocycles. The number of aryl methyl sites for hydroxylation is 2. The number of nitrogens with one attached hydrogen (secondary N) is 1. The molecule has 3 rings (SSSR count). The summed E-state index contributed by atoms with van der Waals surface area (Å²) in [6.07, 6.45) is 6.11. The van der Waals surface area contributed by atoms with Crippen LogP contribution in [-0.4, -0.2) is 35.1 Å². The summed E-state index contributed by atoms with van der Waals surface area (Å²) in [6.45, 7) is 4.40. The topological polar surface area (TPSA) is 58.4 Å². The first kappa shape index (κ1) is 14.6. The molecule has 1 N–H and O–H groups in total. The number of fused-ring (bicyclic) bond motifs is 1. The molecule has 2 fully saturated rings. The van der Waals surface area contributed by atoms with Gasteiger partial charge in [-0.1, -0.05) is 18.0 Å². The Morgan fingerprint density at radius 2 is 2.14 bits per heavy atom. The number of hydrogen-bond donors (Lipinski definition) is 1. The van der Waals surface area contributed by atoms with E-state index in [9.17, 15) is 4.79 Å². The number of amides is 1. The molecule has 0 radical (unpaired) electrons. The highest BCUT2D eigenvalue weighted by Crippen LogP contribution is 2.33. The summed E-state index contributed by atoms with van der Waals surface area (Å²) in [7, 11) is 1.87. The second kappa shape index (κ2) is 5.79. The van der Waals surface area contributed by atoms with Gasteiger partial charge in [0.05, 0.1) is 18.3 Å². The van der Waals surface area contributed by atoms with Gasteiger partial charge in [-0.2, -0.15) is 0 Å². The fourth-order valence-electron chi connectivity index (χ4n) is 3.82. The van der Waals surface area contributed by atoms with Gasteiger partial charge < -0.3 is 14.7 Å². The number of carbonyl (C=O) groups is 1. The lowest BCUT2D eigenvalue weighted by molar-refractivity contribution is -0.132. The van der Waals surface area contributed by atoms with Crippen LogP contribution in [0.5, 0.6) is 0 Å². The van der Waals surface area contributed by atoms with Crippen LogP contribution in [0.15, 0.2) is 4.52 Å². The van der Waals surface area contributed by atoms with E-state index in [1.165, 1.54) is 25.7 Å². The number of rotatable bonds is 3. The van der Waals surface area contributed by atoms with Gasteiger partial charge >= 0.3 is 0 Å². The molecule has 1 aliphatic heterocycles. The molecule has 1 aliphatic carbocycles. The molecule has 5 nitrogen and oxygen atoms in total. The minimum absolute atomic E-state index is 0.0106. The van der Waals surface area contributed by atoms with Crippen molar-refractivity contribution in [2.24, 2.45) is 5.92 Å². The highest BCUT2D eigenvalue weighted by molar-refractivity contribution is 5.82.